The van der Waals surface area contributed by atoms with Crippen LogP contribution >= 0.6 is 0 Å². The van der Waals surface area contributed by atoms with Crippen molar-refractivity contribution in [1.29, 1.82) is 0 Å². The molecule has 0 radical (unpaired) electrons. The normalized spacial score (nSPS) is 11.4. The van der Waals surface area contributed by atoms with Gasteiger partial charge in [-0.2, -0.15) is 0 Å². The van der Waals surface area contributed by atoms with E-state index in [-0.39, 0.29) is 43.1 Å². The van der Waals surface area contributed by atoms with E-state index in [1.807, 2.05) is 91.0 Å². The van der Waals surface area contributed by atoms with Crippen LogP contribution < -0.4 is 5.73 Å². The Morgan fingerprint density at radius 2 is 1.05 bits per heavy atom. The molecule has 0 amide bonds. The van der Waals surface area contributed by atoms with Crippen molar-refractivity contribution in [3.05, 3.63) is 143 Å². The summed E-state index contributed by atoms with van der Waals surface area (Å²) in [4.78, 5) is 37.7. The minimum Gasteiger partial charge on any atom is -0.461 e. The molecule has 0 atom stereocenters. The van der Waals surface area contributed by atoms with Gasteiger partial charge in [0.15, 0.2) is 0 Å². The largest absolute Gasteiger partial charge is 0.461 e. The highest BCUT2D eigenvalue weighted by atomic mass is 16.5. The van der Waals surface area contributed by atoms with Crippen molar-refractivity contribution < 1.29 is 28.6 Å². The second kappa shape index (κ2) is 14.6. The van der Waals surface area contributed by atoms with Gasteiger partial charge in [-0.15, -0.1) is 0 Å². The zero-order valence-electron chi connectivity index (χ0n) is 20.9. The Bertz CT molecular complexity index is 1300. The smallest absolute Gasteiger partial charge is 0.339 e. The van der Waals surface area contributed by atoms with E-state index in [9.17, 15) is 14.4 Å². The zero-order valence-corrected chi connectivity index (χ0v) is 20.9. The van der Waals surface area contributed by atoms with Crippen LogP contribution in [-0.2, 0) is 48.4 Å². The van der Waals surface area contributed by atoms with E-state index in [0.29, 0.717) is 0 Å². The van der Waals surface area contributed by atoms with Crippen LogP contribution in [0, 0.1) is 0 Å². The van der Waals surface area contributed by atoms with Crippen LogP contribution in [0.15, 0.2) is 127 Å². The lowest BCUT2D eigenvalue weighted by molar-refractivity contribution is -0.147. The molecule has 0 aliphatic heterocycles. The van der Waals surface area contributed by atoms with Crippen molar-refractivity contribution in [2.45, 2.75) is 26.2 Å². The number of carbonyl (C=O) groups excluding carboxylic acids is 3. The van der Waals surface area contributed by atoms with E-state index in [2.05, 4.69) is 6.58 Å². The van der Waals surface area contributed by atoms with Crippen molar-refractivity contribution in [1.82, 2.24) is 0 Å². The highest BCUT2D eigenvalue weighted by molar-refractivity contribution is 5.95. The van der Waals surface area contributed by atoms with E-state index in [1.54, 1.807) is 0 Å². The summed E-state index contributed by atoms with van der Waals surface area (Å²) in [5, 5.41) is 0. The topological polar surface area (TPSA) is 105 Å². The number of ether oxygens (including phenoxy) is 3. The summed E-state index contributed by atoms with van der Waals surface area (Å²) in [5.74, 6) is -2.04. The van der Waals surface area contributed by atoms with E-state index in [0.717, 1.165) is 16.7 Å². The maximum Gasteiger partial charge on any atom is 0.339 e. The van der Waals surface area contributed by atoms with Crippen LogP contribution in [0.4, 0.5) is 0 Å². The quantitative estimate of drug-likeness (QED) is 0.159. The van der Waals surface area contributed by atoms with Crippen LogP contribution in [-0.4, -0.2) is 17.9 Å². The number of esters is 3. The fourth-order valence-electron chi connectivity index (χ4n) is 3.18. The van der Waals surface area contributed by atoms with Crippen LogP contribution in [0.25, 0.3) is 0 Å². The second-order valence-electron chi connectivity index (χ2n) is 8.24. The number of carbonyl (C=O) groups is 3. The van der Waals surface area contributed by atoms with Gasteiger partial charge in [-0.3, -0.25) is 4.79 Å². The summed E-state index contributed by atoms with van der Waals surface area (Å²) in [6, 6.07) is 27.5. The number of hydrogen-bond donors (Lipinski definition) is 1. The van der Waals surface area contributed by atoms with Gasteiger partial charge in [0.25, 0.3) is 0 Å². The molecular weight excluding hydrogens is 482 g/mol. The van der Waals surface area contributed by atoms with Crippen LogP contribution in [0.2, 0.25) is 0 Å². The van der Waals surface area contributed by atoms with Gasteiger partial charge in [-0.05, 0) is 28.8 Å². The number of nitrogens with two attached hydrogens (primary N) is 1. The molecule has 7 heteroatoms. The molecule has 194 valence electrons. The second-order valence-corrected chi connectivity index (χ2v) is 8.24. The standard InChI is InChI=1S/C31H29NO6/c1-23(30(34)37-21-25-13-7-3-8-14-25)28(32)18-17-27(31(35)38-22-26-15-9-4-10-16-26)19-29(33)36-20-24-11-5-2-6-12-24/h2-18H,1,19-22,32H2/b27-17+,28-18+. The molecule has 0 saturated heterocycles. The summed E-state index contributed by atoms with van der Waals surface area (Å²) in [6.07, 6.45) is 2.28. The molecule has 2 N–H and O–H groups in total. The first-order valence-corrected chi connectivity index (χ1v) is 11.9. The predicted molar refractivity (Wildman–Crippen MR) is 143 cm³/mol. The molecule has 0 aliphatic carbocycles. The molecule has 0 aromatic heterocycles. The van der Waals surface area contributed by atoms with Gasteiger partial charge in [-0.25, -0.2) is 9.59 Å². The number of rotatable bonds is 12. The van der Waals surface area contributed by atoms with Crippen molar-refractivity contribution in [3.8, 4) is 0 Å². The molecule has 0 aliphatic rings. The third kappa shape index (κ3) is 9.28. The van der Waals surface area contributed by atoms with Gasteiger partial charge in [0.1, 0.15) is 19.8 Å². The first-order valence-electron chi connectivity index (χ1n) is 11.9. The Morgan fingerprint density at radius 3 is 1.53 bits per heavy atom. The maximum absolute atomic E-state index is 12.8. The maximum atomic E-state index is 12.8. The highest BCUT2D eigenvalue weighted by Crippen LogP contribution is 2.13. The van der Waals surface area contributed by atoms with Crippen LogP contribution in [0.5, 0.6) is 0 Å². The monoisotopic (exact) mass is 511 g/mol. The lowest BCUT2D eigenvalue weighted by atomic mass is 10.1. The lowest BCUT2D eigenvalue weighted by Crippen LogP contribution is -2.15. The Morgan fingerprint density at radius 1 is 0.632 bits per heavy atom. The van der Waals surface area contributed by atoms with E-state index in [4.69, 9.17) is 19.9 Å². The molecule has 0 spiro atoms. The molecule has 3 rings (SSSR count). The SMILES string of the molecule is C=C(C(=O)OCc1ccccc1)/C(N)=C\C=C(/CC(=O)OCc1ccccc1)C(=O)OCc1ccccc1. The molecular formula is C31H29NO6. The molecule has 0 unspecified atom stereocenters. The summed E-state index contributed by atoms with van der Waals surface area (Å²) in [6.45, 7) is 3.83. The third-order valence-electron chi connectivity index (χ3n) is 5.32. The number of allylic oxidation sites excluding steroid dienone is 2. The molecule has 0 saturated carbocycles. The average molecular weight is 512 g/mol. The fourth-order valence-corrected chi connectivity index (χ4v) is 3.18. The van der Waals surface area contributed by atoms with Gasteiger partial charge in [-0.1, -0.05) is 97.6 Å². The first-order chi connectivity index (χ1) is 18.4. The van der Waals surface area contributed by atoms with E-state index < -0.39 is 17.9 Å². The van der Waals surface area contributed by atoms with Gasteiger partial charge >= 0.3 is 17.9 Å². The minimum atomic E-state index is -0.716. The fraction of sp³-hybridized carbons (Fsp3) is 0.129. The van der Waals surface area contributed by atoms with Crippen molar-refractivity contribution >= 4 is 17.9 Å². The Hall–Kier alpha value is -4.91. The van der Waals surface area contributed by atoms with Crippen molar-refractivity contribution in [2.75, 3.05) is 0 Å². The minimum absolute atomic E-state index is 0.00685. The first kappa shape index (κ1) is 27.7. The zero-order chi connectivity index (χ0) is 27.2. The van der Waals surface area contributed by atoms with Crippen molar-refractivity contribution in [2.24, 2.45) is 5.73 Å². The van der Waals surface area contributed by atoms with Gasteiger partial charge in [0.05, 0.1) is 12.0 Å². The summed E-state index contributed by atoms with van der Waals surface area (Å²) < 4.78 is 15.9. The Labute approximate surface area is 221 Å². The molecule has 38 heavy (non-hydrogen) atoms. The Balaban J connectivity index is 1.66. The van der Waals surface area contributed by atoms with Crippen LogP contribution in [0.3, 0.4) is 0 Å². The number of hydrogen-bond acceptors (Lipinski definition) is 7. The molecule has 3 aromatic rings. The van der Waals surface area contributed by atoms with E-state index >= 15 is 0 Å². The average Bonchev–Trinajstić information content (AvgIpc) is 2.96. The van der Waals surface area contributed by atoms with Gasteiger partial charge < -0.3 is 19.9 Å². The molecule has 0 fully saturated rings. The summed E-state index contributed by atoms with van der Waals surface area (Å²) >= 11 is 0. The molecule has 3 aromatic carbocycles. The van der Waals surface area contributed by atoms with Crippen molar-refractivity contribution in [3.63, 3.8) is 0 Å². The van der Waals surface area contributed by atoms with Gasteiger partial charge in [0, 0.05) is 11.3 Å². The summed E-state index contributed by atoms with van der Waals surface area (Å²) in [5.41, 5.74) is 8.33. The molecule has 7 nitrogen and oxygen atoms in total. The summed E-state index contributed by atoms with van der Waals surface area (Å²) in [7, 11) is 0. The predicted octanol–water partition coefficient (Wildman–Crippen LogP) is 4.93. The number of benzene rings is 3. The molecule has 0 heterocycles. The van der Waals surface area contributed by atoms with E-state index in [1.165, 1.54) is 12.2 Å². The highest BCUT2D eigenvalue weighted by Gasteiger charge is 2.17. The molecule has 0 bridgehead atoms. The van der Waals surface area contributed by atoms with Gasteiger partial charge in [0.2, 0.25) is 0 Å². The Kier molecular flexibility index (Phi) is 10.6. The lowest BCUT2D eigenvalue weighted by Gasteiger charge is -2.10. The van der Waals surface area contributed by atoms with Crippen LogP contribution in [0.1, 0.15) is 23.1 Å². The third-order valence-corrected chi connectivity index (χ3v) is 5.32.